The second-order valence-electron chi connectivity index (χ2n) is 6.68. The number of hydrogen-bond donors (Lipinski definition) is 1. The second-order valence-corrected chi connectivity index (χ2v) is 7.99. The minimum absolute atomic E-state index is 0.0470. The van der Waals surface area contributed by atoms with Gasteiger partial charge in [-0.3, -0.25) is 9.36 Å². The van der Waals surface area contributed by atoms with Crippen LogP contribution in [0.1, 0.15) is 44.6 Å². The number of carbonyl (C=O) groups is 1. The number of hydrogen-bond acceptors (Lipinski definition) is 4. The number of carbonyl (C=O) groups excluding carboxylic acids is 1. The molecule has 0 aliphatic heterocycles. The average Bonchev–Trinajstić information content (AvgIpc) is 3.10. The van der Waals surface area contributed by atoms with Gasteiger partial charge >= 0.3 is 0 Å². The smallest absolute Gasteiger partial charge is 0.233 e. The van der Waals surface area contributed by atoms with E-state index in [1.807, 2.05) is 29.7 Å². The van der Waals surface area contributed by atoms with Crippen molar-refractivity contribution in [3.63, 3.8) is 0 Å². The van der Waals surface area contributed by atoms with Crippen LogP contribution in [0.5, 0.6) is 0 Å². The molecule has 1 aliphatic carbocycles. The number of aromatic nitrogens is 3. The van der Waals surface area contributed by atoms with E-state index >= 15 is 0 Å². The Morgan fingerprint density at radius 2 is 2.19 bits per heavy atom. The van der Waals surface area contributed by atoms with E-state index in [2.05, 4.69) is 34.6 Å². The maximum absolute atomic E-state index is 12.4. The molecule has 0 bridgehead atoms. The molecule has 0 fully saturated rings. The standard InChI is InChI=1S/C20H26N4OS/c1-15-8-6-7-11-18(15)24-14-22-23-20(24)26-16(2)19(25)21-13-12-17-9-4-3-5-10-17/h6-9,11,14,16H,3-5,10,12-13H2,1-2H3,(H,21,25). The highest BCUT2D eigenvalue weighted by atomic mass is 32.2. The monoisotopic (exact) mass is 370 g/mol. The summed E-state index contributed by atoms with van der Waals surface area (Å²) in [6, 6.07) is 8.09. The zero-order valence-corrected chi connectivity index (χ0v) is 16.3. The van der Waals surface area contributed by atoms with Gasteiger partial charge in [-0.1, -0.05) is 41.6 Å². The molecule has 6 heteroatoms. The molecule has 0 saturated heterocycles. The molecule has 138 valence electrons. The molecule has 1 atom stereocenters. The second kappa shape index (κ2) is 9.03. The van der Waals surface area contributed by atoms with Gasteiger partial charge in [-0.05, 0) is 57.6 Å². The number of amides is 1. The zero-order valence-electron chi connectivity index (χ0n) is 15.4. The van der Waals surface area contributed by atoms with Crippen molar-refractivity contribution in [1.82, 2.24) is 20.1 Å². The van der Waals surface area contributed by atoms with Crippen LogP contribution in [-0.2, 0) is 4.79 Å². The maximum Gasteiger partial charge on any atom is 0.233 e. The molecular weight excluding hydrogens is 344 g/mol. The van der Waals surface area contributed by atoms with E-state index in [9.17, 15) is 4.79 Å². The molecule has 1 unspecified atom stereocenters. The Morgan fingerprint density at radius 3 is 2.96 bits per heavy atom. The largest absolute Gasteiger partial charge is 0.355 e. The van der Waals surface area contributed by atoms with Crippen molar-refractivity contribution in [3.05, 3.63) is 47.8 Å². The summed E-state index contributed by atoms with van der Waals surface area (Å²) in [7, 11) is 0. The van der Waals surface area contributed by atoms with Crippen LogP contribution in [0.15, 0.2) is 47.4 Å². The van der Waals surface area contributed by atoms with Crippen LogP contribution in [0.25, 0.3) is 5.69 Å². The van der Waals surface area contributed by atoms with Gasteiger partial charge in [0.15, 0.2) is 5.16 Å². The van der Waals surface area contributed by atoms with Crippen LogP contribution in [0.2, 0.25) is 0 Å². The first-order valence-corrected chi connectivity index (χ1v) is 10.1. The summed E-state index contributed by atoms with van der Waals surface area (Å²) < 4.78 is 1.94. The summed E-state index contributed by atoms with van der Waals surface area (Å²) >= 11 is 1.44. The number of para-hydroxylation sites is 1. The Bertz CT molecular complexity index is 784. The molecule has 0 saturated carbocycles. The van der Waals surface area contributed by atoms with E-state index in [4.69, 9.17) is 0 Å². The fourth-order valence-corrected chi connectivity index (χ4v) is 4.00. The van der Waals surface area contributed by atoms with E-state index in [1.165, 1.54) is 43.0 Å². The van der Waals surface area contributed by atoms with E-state index in [1.54, 1.807) is 6.33 Å². The summed E-state index contributed by atoms with van der Waals surface area (Å²) in [6.07, 6.45) is 9.93. The van der Waals surface area contributed by atoms with E-state index in [0.717, 1.165) is 22.8 Å². The van der Waals surface area contributed by atoms with E-state index in [0.29, 0.717) is 6.54 Å². The van der Waals surface area contributed by atoms with E-state index < -0.39 is 0 Å². The van der Waals surface area contributed by atoms with Gasteiger partial charge < -0.3 is 5.32 Å². The van der Waals surface area contributed by atoms with Gasteiger partial charge in [-0.25, -0.2) is 0 Å². The molecule has 26 heavy (non-hydrogen) atoms. The lowest BCUT2D eigenvalue weighted by Crippen LogP contribution is -2.32. The van der Waals surface area contributed by atoms with Gasteiger partial charge in [0.2, 0.25) is 5.91 Å². The number of thioether (sulfide) groups is 1. The maximum atomic E-state index is 12.4. The molecular formula is C20H26N4OS. The first-order valence-electron chi connectivity index (χ1n) is 9.23. The Hall–Kier alpha value is -2.08. The third-order valence-corrected chi connectivity index (χ3v) is 5.73. The van der Waals surface area contributed by atoms with Crippen LogP contribution in [0.4, 0.5) is 0 Å². The zero-order chi connectivity index (χ0) is 18.4. The molecule has 1 aromatic carbocycles. The number of allylic oxidation sites excluding steroid dienone is 1. The average molecular weight is 371 g/mol. The number of aryl methyl sites for hydroxylation is 1. The molecule has 1 N–H and O–H groups in total. The molecule has 0 spiro atoms. The van der Waals surface area contributed by atoms with Crippen molar-refractivity contribution in [2.24, 2.45) is 0 Å². The highest BCUT2D eigenvalue weighted by molar-refractivity contribution is 8.00. The minimum atomic E-state index is -0.220. The quantitative estimate of drug-likeness (QED) is 0.590. The van der Waals surface area contributed by atoms with Crippen LogP contribution >= 0.6 is 11.8 Å². The molecule has 1 aliphatic rings. The predicted molar refractivity (Wildman–Crippen MR) is 106 cm³/mol. The third-order valence-electron chi connectivity index (χ3n) is 4.67. The van der Waals surface area contributed by atoms with Crippen molar-refractivity contribution >= 4 is 17.7 Å². The number of nitrogens with one attached hydrogen (secondary N) is 1. The molecule has 1 aromatic heterocycles. The SMILES string of the molecule is Cc1ccccc1-n1cnnc1SC(C)C(=O)NCCC1=CCCCC1. The number of rotatable bonds is 7. The van der Waals surface area contributed by atoms with E-state index in [-0.39, 0.29) is 11.2 Å². The predicted octanol–water partition coefficient (Wildman–Crippen LogP) is 4.06. The van der Waals surface area contributed by atoms with Crippen molar-refractivity contribution < 1.29 is 4.79 Å². The Morgan fingerprint density at radius 1 is 1.35 bits per heavy atom. The molecule has 0 radical (unpaired) electrons. The Labute approximate surface area is 159 Å². The van der Waals surface area contributed by atoms with Gasteiger partial charge in [0.1, 0.15) is 6.33 Å². The van der Waals surface area contributed by atoms with Crippen molar-refractivity contribution in [2.75, 3.05) is 6.54 Å². The van der Waals surface area contributed by atoms with Crippen molar-refractivity contribution in [1.29, 1.82) is 0 Å². The number of nitrogens with zero attached hydrogens (tertiary/aromatic N) is 3. The van der Waals surface area contributed by atoms with Gasteiger partial charge in [-0.15, -0.1) is 10.2 Å². The Balaban J connectivity index is 1.56. The van der Waals surface area contributed by atoms with Crippen molar-refractivity contribution in [2.45, 2.75) is 56.4 Å². The normalized spacial score (nSPS) is 15.4. The molecule has 3 rings (SSSR count). The topological polar surface area (TPSA) is 59.8 Å². The van der Waals surface area contributed by atoms with Crippen LogP contribution < -0.4 is 5.32 Å². The first-order chi connectivity index (χ1) is 12.6. The Kier molecular flexibility index (Phi) is 6.50. The molecule has 5 nitrogen and oxygen atoms in total. The third kappa shape index (κ3) is 4.75. The fraction of sp³-hybridized carbons (Fsp3) is 0.450. The first kappa shape index (κ1) is 18.7. The summed E-state index contributed by atoms with van der Waals surface area (Å²) in [5, 5.41) is 11.8. The number of benzene rings is 1. The summed E-state index contributed by atoms with van der Waals surface area (Å²) in [6.45, 7) is 4.68. The molecule has 2 aromatic rings. The summed E-state index contributed by atoms with van der Waals surface area (Å²) in [5.74, 6) is 0.0470. The highest BCUT2D eigenvalue weighted by Crippen LogP contribution is 2.25. The minimum Gasteiger partial charge on any atom is -0.355 e. The van der Waals surface area contributed by atoms with Gasteiger partial charge in [-0.2, -0.15) is 0 Å². The highest BCUT2D eigenvalue weighted by Gasteiger charge is 2.18. The van der Waals surface area contributed by atoms with Crippen LogP contribution in [-0.4, -0.2) is 32.5 Å². The summed E-state index contributed by atoms with van der Waals surface area (Å²) in [4.78, 5) is 12.4. The van der Waals surface area contributed by atoms with Crippen LogP contribution in [0.3, 0.4) is 0 Å². The fourth-order valence-electron chi connectivity index (χ4n) is 3.14. The van der Waals surface area contributed by atoms with Gasteiger partial charge in [0, 0.05) is 6.54 Å². The van der Waals surface area contributed by atoms with Crippen LogP contribution in [0, 0.1) is 6.92 Å². The van der Waals surface area contributed by atoms with Gasteiger partial charge in [0.25, 0.3) is 0 Å². The molecule has 1 heterocycles. The van der Waals surface area contributed by atoms with Crippen molar-refractivity contribution in [3.8, 4) is 5.69 Å². The molecule has 1 amide bonds. The van der Waals surface area contributed by atoms with Gasteiger partial charge in [0.05, 0.1) is 10.9 Å². The lowest BCUT2D eigenvalue weighted by atomic mass is 9.97. The summed E-state index contributed by atoms with van der Waals surface area (Å²) in [5.41, 5.74) is 3.67. The lowest BCUT2D eigenvalue weighted by Gasteiger charge is -2.15. The lowest BCUT2D eigenvalue weighted by molar-refractivity contribution is -0.120.